The summed E-state index contributed by atoms with van der Waals surface area (Å²) >= 11 is 6.55. The molecule has 0 atom stereocenters. The lowest BCUT2D eigenvalue weighted by molar-refractivity contribution is -0.145. The molecule has 0 bridgehead atoms. The summed E-state index contributed by atoms with van der Waals surface area (Å²) in [5.74, 6) is 0.473. The number of methoxy groups -OCH3 is 1. The molecule has 2 aliphatic rings. The second-order valence-electron chi connectivity index (χ2n) is 5.79. The highest BCUT2D eigenvalue weighted by atomic mass is 35.5. The first-order chi connectivity index (χ1) is 10.1. The minimum atomic E-state index is -0.889. The van der Waals surface area contributed by atoms with E-state index in [2.05, 4.69) is 0 Å². The molecule has 0 unspecified atom stereocenters. The molecule has 4 nitrogen and oxygen atoms in total. The molecule has 5 heteroatoms. The van der Waals surface area contributed by atoms with Gasteiger partial charge in [-0.2, -0.15) is 0 Å². The quantitative estimate of drug-likeness (QED) is 0.927. The van der Waals surface area contributed by atoms with Gasteiger partial charge in [0.1, 0.15) is 0 Å². The summed E-state index contributed by atoms with van der Waals surface area (Å²) in [6, 6.07) is 1.77. The molecule has 0 spiro atoms. The first-order valence-corrected chi connectivity index (χ1v) is 7.74. The molecule has 0 amide bonds. The summed E-state index contributed by atoms with van der Waals surface area (Å²) < 4.78 is 11.0. The summed E-state index contributed by atoms with van der Waals surface area (Å²) in [7, 11) is 1.57. The molecule has 0 radical (unpaired) electrons. The molecule has 3 rings (SSSR count). The molecular weight excluding hydrogens is 292 g/mol. The van der Waals surface area contributed by atoms with E-state index in [1.807, 2.05) is 0 Å². The van der Waals surface area contributed by atoms with E-state index in [1.165, 1.54) is 0 Å². The van der Waals surface area contributed by atoms with Crippen LogP contribution in [0.15, 0.2) is 6.07 Å². The van der Waals surface area contributed by atoms with E-state index in [1.54, 1.807) is 13.2 Å². The van der Waals surface area contributed by atoms with Gasteiger partial charge in [0, 0.05) is 12.0 Å². The van der Waals surface area contributed by atoms with Crippen molar-refractivity contribution >= 4 is 17.6 Å². The van der Waals surface area contributed by atoms with Crippen LogP contribution in [0.5, 0.6) is 11.5 Å². The van der Waals surface area contributed by atoms with Crippen molar-refractivity contribution in [3.63, 3.8) is 0 Å². The summed E-state index contributed by atoms with van der Waals surface area (Å²) in [6.45, 7) is 0.564. The fourth-order valence-corrected chi connectivity index (χ4v) is 3.98. The molecule has 0 aromatic heterocycles. The molecule has 1 aromatic carbocycles. The van der Waals surface area contributed by atoms with E-state index in [-0.39, 0.29) is 0 Å². The molecule has 1 N–H and O–H groups in total. The number of hydrogen-bond donors (Lipinski definition) is 1. The van der Waals surface area contributed by atoms with Crippen LogP contribution in [0.2, 0.25) is 5.02 Å². The van der Waals surface area contributed by atoms with Gasteiger partial charge < -0.3 is 14.6 Å². The number of rotatable bonds is 3. The number of benzene rings is 1. The number of carboxylic acids is 1. The van der Waals surface area contributed by atoms with Gasteiger partial charge in [0.25, 0.3) is 0 Å². The third kappa shape index (κ3) is 2.16. The van der Waals surface area contributed by atoms with Crippen LogP contribution in [0.1, 0.15) is 43.2 Å². The average molecular weight is 311 g/mol. The minimum Gasteiger partial charge on any atom is -0.493 e. The summed E-state index contributed by atoms with van der Waals surface area (Å²) in [4.78, 5) is 12.0. The van der Waals surface area contributed by atoms with Gasteiger partial charge in [-0.3, -0.25) is 4.79 Å². The Hall–Kier alpha value is -1.42. The van der Waals surface area contributed by atoms with Crippen molar-refractivity contribution in [2.75, 3.05) is 13.7 Å². The topological polar surface area (TPSA) is 55.8 Å². The smallest absolute Gasteiger partial charge is 0.314 e. The Morgan fingerprint density at radius 3 is 2.71 bits per heavy atom. The normalized spacial score (nSPS) is 19.7. The first-order valence-electron chi connectivity index (χ1n) is 7.36. The maximum atomic E-state index is 12.0. The van der Waals surface area contributed by atoms with Crippen molar-refractivity contribution < 1.29 is 19.4 Å². The van der Waals surface area contributed by atoms with Gasteiger partial charge in [0.05, 0.1) is 24.2 Å². The molecule has 114 valence electrons. The lowest BCUT2D eigenvalue weighted by Crippen LogP contribution is -2.38. The average Bonchev–Trinajstić information content (AvgIpc) is 2.98. The van der Waals surface area contributed by atoms with Gasteiger partial charge in [0.15, 0.2) is 11.5 Å². The Morgan fingerprint density at radius 1 is 1.38 bits per heavy atom. The molecule has 21 heavy (non-hydrogen) atoms. The number of halogens is 1. The molecule has 1 aromatic rings. The van der Waals surface area contributed by atoms with Crippen LogP contribution < -0.4 is 9.47 Å². The molecule has 1 heterocycles. The summed E-state index contributed by atoms with van der Waals surface area (Å²) in [5, 5.41) is 10.4. The van der Waals surface area contributed by atoms with Crippen molar-refractivity contribution in [2.24, 2.45) is 0 Å². The van der Waals surface area contributed by atoms with Crippen molar-refractivity contribution in [3.05, 3.63) is 22.2 Å². The molecule has 1 fully saturated rings. The lowest BCUT2D eigenvalue weighted by Gasteiger charge is -2.35. The zero-order valence-electron chi connectivity index (χ0n) is 12.1. The van der Waals surface area contributed by atoms with E-state index in [4.69, 9.17) is 21.1 Å². The SMILES string of the molecule is COc1cc(C2(C(=O)O)CCCCC2)c(Cl)c2c1OCC2. The number of carbonyl (C=O) groups is 1. The van der Waals surface area contributed by atoms with Gasteiger partial charge in [0.2, 0.25) is 0 Å². The summed E-state index contributed by atoms with van der Waals surface area (Å²) in [6.07, 6.45) is 4.87. The molecule has 0 saturated heterocycles. The highest BCUT2D eigenvalue weighted by Crippen LogP contribution is 2.49. The Labute approximate surface area is 129 Å². The van der Waals surface area contributed by atoms with Crippen molar-refractivity contribution in [1.29, 1.82) is 0 Å². The monoisotopic (exact) mass is 310 g/mol. The zero-order valence-corrected chi connectivity index (χ0v) is 12.8. The third-order valence-corrected chi connectivity index (χ3v) is 5.16. The maximum Gasteiger partial charge on any atom is 0.314 e. The Morgan fingerprint density at radius 2 is 2.10 bits per heavy atom. The van der Waals surface area contributed by atoms with Gasteiger partial charge in [-0.15, -0.1) is 0 Å². The predicted molar refractivity (Wildman–Crippen MR) is 79.6 cm³/mol. The predicted octanol–water partition coefficient (Wildman–Crippen LogP) is 3.57. The summed E-state index contributed by atoms with van der Waals surface area (Å²) in [5.41, 5.74) is 0.690. The van der Waals surface area contributed by atoms with Crippen molar-refractivity contribution in [2.45, 2.75) is 43.9 Å². The van der Waals surface area contributed by atoms with E-state index < -0.39 is 11.4 Å². The van der Waals surface area contributed by atoms with E-state index in [0.717, 1.165) is 24.8 Å². The van der Waals surface area contributed by atoms with E-state index in [9.17, 15) is 9.90 Å². The molecule has 1 saturated carbocycles. The highest BCUT2D eigenvalue weighted by molar-refractivity contribution is 6.33. The largest absolute Gasteiger partial charge is 0.493 e. The van der Waals surface area contributed by atoms with Crippen LogP contribution in [-0.4, -0.2) is 24.8 Å². The number of hydrogen-bond acceptors (Lipinski definition) is 3. The van der Waals surface area contributed by atoms with Crippen LogP contribution >= 0.6 is 11.6 Å². The van der Waals surface area contributed by atoms with E-state index >= 15 is 0 Å². The standard InChI is InChI=1S/C16H19ClO4/c1-20-12-9-11(13(17)10-5-8-21-14(10)12)16(15(18)19)6-3-2-4-7-16/h9H,2-8H2,1H3,(H,18,19). The van der Waals surface area contributed by atoms with Crippen LogP contribution in [0.25, 0.3) is 0 Å². The minimum absolute atomic E-state index is 0.549. The van der Waals surface area contributed by atoms with Gasteiger partial charge >= 0.3 is 5.97 Å². The second kappa shape index (κ2) is 5.41. The number of fused-ring (bicyclic) bond motifs is 1. The van der Waals surface area contributed by atoms with Gasteiger partial charge in [-0.25, -0.2) is 0 Å². The third-order valence-electron chi connectivity index (χ3n) is 4.73. The Kier molecular flexibility index (Phi) is 3.74. The highest BCUT2D eigenvalue weighted by Gasteiger charge is 2.44. The van der Waals surface area contributed by atoms with Crippen LogP contribution in [0.3, 0.4) is 0 Å². The van der Waals surface area contributed by atoms with Crippen molar-refractivity contribution in [3.8, 4) is 11.5 Å². The van der Waals surface area contributed by atoms with Crippen LogP contribution in [0, 0.1) is 0 Å². The zero-order chi connectivity index (χ0) is 15.0. The molecular formula is C16H19ClO4. The maximum absolute atomic E-state index is 12.0. The Bertz CT molecular complexity index is 576. The van der Waals surface area contributed by atoms with Crippen LogP contribution in [-0.2, 0) is 16.6 Å². The van der Waals surface area contributed by atoms with Crippen LogP contribution in [0.4, 0.5) is 0 Å². The number of aliphatic carboxylic acids is 1. The number of carboxylic acid groups (broad SMARTS) is 1. The van der Waals surface area contributed by atoms with Gasteiger partial charge in [-0.05, 0) is 24.5 Å². The second-order valence-corrected chi connectivity index (χ2v) is 6.17. The molecule has 1 aliphatic carbocycles. The lowest BCUT2D eigenvalue weighted by atomic mass is 9.69. The fraction of sp³-hybridized carbons (Fsp3) is 0.562. The van der Waals surface area contributed by atoms with E-state index in [0.29, 0.717) is 48.0 Å². The number of ether oxygens (including phenoxy) is 2. The molecule has 1 aliphatic heterocycles. The fourth-order valence-electron chi connectivity index (χ4n) is 3.56. The first kappa shape index (κ1) is 14.5. The Balaban J connectivity index is 2.19. The van der Waals surface area contributed by atoms with Gasteiger partial charge in [-0.1, -0.05) is 30.9 Å². The van der Waals surface area contributed by atoms with Crippen molar-refractivity contribution in [1.82, 2.24) is 0 Å².